The van der Waals surface area contributed by atoms with Gasteiger partial charge < -0.3 is 23.8 Å². The summed E-state index contributed by atoms with van der Waals surface area (Å²) in [5, 5.41) is 9.62. The van der Waals surface area contributed by atoms with Gasteiger partial charge in [0.1, 0.15) is 6.61 Å². The lowest BCUT2D eigenvalue weighted by Crippen LogP contribution is -2.50. The Morgan fingerprint density at radius 1 is 0.544 bits per heavy atom. The van der Waals surface area contributed by atoms with E-state index in [9.17, 15) is 19.5 Å². The van der Waals surface area contributed by atoms with Crippen molar-refractivity contribution in [1.29, 1.82) is 0 Å². The number of esters is 2. The van der Waals surface area contributed by atoms with Crippen LogP contribution in [0.15, 0.2) is 36.5 Å². The number of nitrogens with zero attached hydrogens (tertiary/aromatic N) is 1. The van der Waals surface area contributed by atoms with Crippen LogP contribution in [-0.4, -0.2) is 80.6 Å². The number of hydrogen-bond donors (Lipinski definition) is 1. The largest absolute Gasteiger partial charge is 0.477 e. The molecule has 0 amide bonds. The number of likely N-dealkylation sites (N-methyl/N-ethyl adjacent to an activating group) is 1. The molecular weight excluding hydrogens is 715 g/mol. The number of rotatable bonds is 42. The van der Waals surface area contributed by atoms with Gasteiger partial charge in [-0.1, -0.05) is 179 Å². The van der Waals surface area contributed by atoms with Crippen LogP contribution in [0.1, 0.15) is 206 Å². The molecule has 0 aliphatic rings. The molecule has 8 heteroatoms. The number of hydrogen-bond acceptors (Lipinski definition) is 6. The number of carboxylic acid groups (broad SMARTS) is 1. The first-order valence-electron chi connectivity index (χ1n) is 23.5. The average Bonchev–Trinajstić information content (AvgIpc) is 3.17. The molecule has 0 saturated carbocycles. The summed E-state index contributed by atoms with van der Waals surface area (Å²) >= 11 is 0. The van der Waals surface area contributed by atoms with E-state index < -0.39 is 18.1 Å². The Balaban J connectivity index is 4.22. The van der Waals surface area contributed by atoms with E-state index in [1.165, 1.54) is 116 Å². The van der Waals surface area contributed by atoms with E-state index >= 15 is 0 Å². The summed E-state index contributed by atoms with van der Waals surface area (Å²) in [5.41, 5.74) is 0. The van der Waals surface area contributed by atoms with Crippen molar-refractivity contribution in [2.45, 2.75) is 219 Å². The van der Waals surface area contributed by atoms with Crippen LogP contribution in [0.3, 0.4) is 0 Å². The van der Waals surface area contributed by atoms with Crippen LogP contribution in [-0.2, 0) is 28.6 Å². The van der Waals surface area contributed by atoms with Crippen molar-refractivity contribution in [1.82, 2.24) is 0 Å². The van der Waals surface area contributed by atoms with Crippen molar-refractivity contribution < 1.29 is 38.2 Å². The van der Waals surface area contributed by atoms with Crippen LogP contribution in [0, 0.1) is 0 Å². The number of allylic oxidation sites excluding steroid dienone is 6. The summed E-state index contributed by atoms with van der Waals surface area (Å²) in [5.74, 6) is -1.46. The second-order valence-electron chi connectivity index (χ2n) is 17.0. The average molecular weight is 805 g/mol. The fourth-order valence-corrected chi connectivity index (χ4v) is 6.93. The highest BCUT2D eigenvalue weighted by Crippen LogP contribution is 2.15. The van der Waals surface area contributed by atoms with Crippen molar-refractivity contribution in [3.8, 4) is 0 Å². The molecule has 332 valence electrons. The molecule has 0 aromatic heterocycles. The third-order valence-electron chi connectivity index (χ3n) is 10.6. The Kier molecular flexibility index (Phi) is 38.6. The van der Waals surface area contributed by atoms with Gasteiger partial charge in [0, 0.05) is 19.3 Å². The molecule has 0 spiro atoms. The molecule has 0 aliphatic heterocycles. The number of aliphatic carboxylic acids is 1. The van der Waals surface area contributed by atoms with Gasteiger partial charge in [-0.05, 0) is 44.9 Å². The molecule has 0 rings (SSSR count). The van der Waals surface area contributed by atoms with Crippen LogP contribution < -0.4 is 0 Å². The van der Waals surface area contributed by atoms with Crippen LogP contribution in [0.25, 0.3) is 0 Å². The number of carboxylic acids is 1. The van der Waals surface area contributed by atoms with Gasteiger partial charge in [0.05, 0.1) is 34.4 Å². The zero-order valence-electron chi connectivity index (χ0n) is 37.8. The Morgan fingerprint density at radius 3 is 1.46 bits per heavy atom. The number of quaternary nitrogens is 1. The zero-order chi connectivity index (χ0) is 42.1. The van der Waals surface area contributed by atoms with E-state index in [0.29, 0.717) is 19.3 Å². The molecule has 0 radical (unpaired) electrons. The molecule has 0 aromatic carbocycles. The molecule has 0 fully saturated rings. The number of ether oxygens (including phenoxy) is 3. The predicted molar refractivity (Wildman–Crippen MR) is 238 cm³/mol. The van der Waals surface area contributed by atoms with Crippen molar-refractivity contribution >= 4 is 17.9 Å². The maximum absolute atomic E-state index is 12.7. The van der Waals surface area contributed by atoms with Gasteiger partial charge >= 0.3 is 17.9 Å². The van der Waals surface area contributed by atoms with Gasteiger partial charge in [-0.3, -0.25) is 9.59 Å². The zero-order valence-corrected chi connectivity index (χ0v) is 37.8. The Morgan fingerprint density at radius 2 is 0.982 bits per heavy atom. The second-order valence-corrected chi connectivity index (χ2v) is 17.0. The lowest BCUT2D eigenvalue weighted by Gasteiger charge is -2.31. The summed E-state index contributed by atoms with van der Waals surface area (Å²) in [7, 11) is 5.53. The minimum Gasteiger partial charge on any atom is -0.477 e. The molecule has 2 atom stereocenters. The topological polar surface area (TPSA) is 99.1 Å². The van der Waals surface area contributed by atoms with E-state index in [1.807, 2.05) is 21.1 Å². The van der Waals surface area contributed by atoms with Crippen LogP contribution in [0.4, 0.5) is 0 Å². The van der Waals surface area contributed by atoms with Gasteiger partial charge in [0.25, 0.3) is 0 Å². The highest BCUT2D eigenvalue weighted by molar-refractivity contribution is 5.72. The standard InChI is InChI=1S/C49H89NO7/c1-6-8-10-12-14-16-18-20-21-22-23-24-25-26-27-28-30-31-33-35-37-39-47(51)56-44-45(43-55-42-41-46(49(53)54)50(3,4)5)57-48(52)40-38-36-34-32-29-19-17-15-13-11-9-7-2/h8,10,14,16,20-21,45-46H,6-7,9,11-13,15,17-19,22-44H2,1-5H3/p+1/b10-8+,16-14+,21-20+. The fraction of sp³-hybridized carbons (Fsp3) is 0.816. The molecular formula is C49H90NO7+. The molecule has 1 N–H and O–H groups in total. The third-order valence-corrected chi connectivity index (χ3v) is 10.6. The van der Waals surface area contributed by atoms with E-state index in [-0.39, 0.29) is 36.2 Å². The van der Waals surface area contributed by atoms with Gasteiger partial charge in [-0.25, -0.2) is 4.79 Å². The van der Waals surface area contributed by atoms with E-state index in [0.717, 1.165) is 57.8 Å². The van der Waals surface area contributed by atoms with Crippen molar-refractivity contribution in [3.05, 3.63) is 36.5 Å². The van der Waals surface area contributed by atoms with Crippen molar-refractivity contribution in [2.24, 2.45) is 0 Å². The summed E-state index contributed by atoms with van der Waals surface area (Å²) in [6.07, 6.45) is 46.1. The highest BCUT2D eigenvalue weighted by atomic mass is 16.6. The number of carbonyl (C=O) groups is 3. The van der Waals surface area contributed by atoms with Crippen LogP contribution in [0.2, 0.25) is 0 Å². The van der Waals surface area contributed by atoms with Crippen molar-refractivity contribution in [3.63, 3.8) is 0 Å². The highest BCUT2D eigenvalue weighted by Gasteiger charge is 2.31. The molecule has 8 nitrogen and oxygen atoms in total. The monoisotopic (exact) mass is 805 g/mol. The Hall–Kier alpha value is -2.45. The van der Waals surface area contributed by atoms with E-state index in [2.05, 4.69) is 50.3 Å². The van der Waals surface area contributed by atoms with Crippen LogP contribution >= 0.6 is 0 Å². The van der Waals surface area contributed by atoms with Gasteiger partial charge in [0.15, 0.2) is 12.1 Å². The maximum atomic E-state index is 12.7. The number of carbonyl (C=O) groups excluding carboxylic acids is 2. The van der Waals surface area contributed by atoms with Gasteiger partial charge in [-0.15, -0.1) is 0 Å². The normalized spacial score (nSPS) is 13.2. The fourth-order valence-electron chi connectivity index (χ4n) is 6.93. The van der Waals surface area contributed by atoms with Crippen molar-refractivity contribution in [2.75, 3.05) is 41.0 Å². The summed E-state index contributed by atoms with van der Waals surface area (Å²) in [4.78, 5) is 37.0. The smallest absolute Gasteiger partial charge is 0.362 e. The van der Waals surface area contributed by atoms with E-state index in [4.69, 9.17) is 14.2 Å². The summed E-state index contributed by atoms with van der Waals surface area (Å²) in [6.45, 7) is 4.64. The van der Waals surface area contributed by atoms with Gasteiger partial charge in [-0.2, -0.15) is 0 Å². The third kappa shape index (κ3) is 38.8. The number of unbranched alkanes of at least 4 members (excludes halogenated alkanes) is 22. The van der Waals surface area contributed by atoms with E-state index in [1.54, 1.807) is 0 Å². The summed E-state index contributed by atoms with van der Waals surface area (Å²) < 4.78 is 17.3. The first-order chi connectivity index (χ1) is 27.6. The summed E-state index contributed by atoms with van der Waals surface area (Å²) in [6, 6.07) is -0.612. The minimum absolute atomic E-state index is 0.0492. The quantitative estimate of drug-likeness (QED) is 0.0284. The Labute approximate surface area is 351 Å². The molecule has 0 aromatic rings. The molecule has 0 aliphatic carbocycles. The predicted octanol–water partition coefficient (Wildman–Crippen LogP) is 13.0. The van der Waals surface area contributed by atoms with Crippen LogP contribution in [0.5, 0.6) is 0 Å². The lowest BCUT2D eigenvalue weighted by atomic mass is 10.0. The molecule has 0 heterocycles. The molecule has 0 saturated heterocycles. The molecule has 0 bridgehead atoms. The maximum Gasteiger partial charge on any atom is 0.362 e. The molecule has 57 heavy (non-hydrogen) atoms. The first kappa shape index (κ1) is 54.6. The lowest BCUT2D eigenvalue weighted by molar-refractivity contribution is -0.887. The first-order valence-corrected chi connectivity index (χ1v) is 23.5. The SMILES string of the molecule is CC/C=C/C/C=C/C/C=C/CCCCCCCCCCCCCC(=O)OCC(COCCC(C(=O)O)[N+](C)(C)C)OC(=O)CCCCCCCCCCCCCC. The minimum atomic E-state index is -0.874. The Bertz CT molecular complexity index is 1030. The molecule has 2 unspecified atom stereocenters. The van der Waals surface area contributed by atoms with Gasteiger partial charge in [0.2, 0.25) is 0 Å². The second kappa shape index (κ2) is 40.3.